The third-order valence-electron chi connectivity index (χ3n) is 7.63. The molecule has 3 nitrogen and oxygen atoms in total. The molecule has 166 valence electrons. The summed E-state index contributed by atoms with van der Waals surface area (Å²) < 4.78 is 21.2. The van der Waals surface area contributed by atoms with Crippen LogP contribution >= 0.6 is 0 Å². The smallest absolute Gasteiger partial charge is 0.147 e. The van der Waals surface area contributed by atoms with Crippen LogP contribution in [-0.2, 0) is 13.0 Å². The van der Waals surface area contributed by atoms with Gasteiger partial charge in [0.05, 0.1) is 17.1 Å². The Bertz CT molecular complexity index is 1040. The fourth-order valence-electron chi connectivity index (χ4n) is 5.87. The number of rotatable bonds is 6. The molecule has 0 radical (unpaired) electrons. The molecule has 2 aliphatic rings. The predicted octanol–water partition coefficient (Wildman–Crippen LogP) is 7.14. The van der Waals surface area contributed by atoms with E-state index in [-0.39, 0.29) is 11.9 Å². The Kier molecular flexibility index (Phi) is 6.17. The standard InChI is InChI=1S/C27H35FN2O/c28-23-15-13-19(12-11-18-7-3-1-4-8-18)25-21-14-16-24(31-20-9-5-2-6-10-20)22(17-29)26(21)30-27(23)25/h13-16,18,20,30H,1-12,17,29H2. The van der Waals surface area contributed by atoms with E-state index >= 15 is 0 Å². The minimum Gasteiger partial charge on any atom is -0.490 e. The topological polar surface area (TPSA) is 51.0 Å². The minimum absolute atomic E-state index is 0.190. The third kappa shape index (κ3) is 4.19. The van der Waals surface area contributed by atoms with Gasteiger partial charge in [-0.3, -0.25) is 0 Å². The van der Waals surface area contributed by atoms with Crippen LogP contribution in [-0.4, -0.2) is 11.1 Å². The largest absolute Gasteiger partial charge is 0.490 e. The first kappa shape index (κ1) is 20.8. The van der Waals surface area contributed by atoms with Crippen molar-refractivity contribution in [3.63, 3.8) is 0 Å². The van der Waals surface area contributed by atoms with Gasteiger partial charge < -0.3 is 15.5 Å². The van der Waals surface area contributed by atoms with E-state index in [1.54, 1.807) is 6.07 Å². The van der Waals surface area contributed by atoms with Crippen LogP contribution in [0.4, 0.5) is 4.39 Å². The molecule has 2 aromatic carbocycles. The van der Waals surface area contributed by atoms with Gasteiger partial charge >= 0.3 is 0 Å². The summed E-state index contributed by atoms with van der Waals surface area (Å²) >= 11 is 0. The molecule has 0 aliphatic heterocycles. The summed E-state index contributed by atoms with van der Waals surface area (Å²) in [4.78, 5) is 3.39. The molecule has 1 heterocycles. The van der Waals surface area contributed by atoms with Gasteiger partial charge in [0.25, 0.3) is 0 Å². The van der Waals surface area contributed by atoms with Crippen molar-refractivity contribution in [2.75, 3.05) is 0 Å². The number of hydrogen-bond donors (Lipinski definition) is 2. The number of hydrogen-bond acceptors (Lipinski definition) is 2. The maximum absolute atomic E-state index is 14.8. The molecule has 5 rings (SSSR count). The molecule has 0 atom stereocenters. The van der Waals surface area contributed by atoms with Crippen LogP contribution in [0.3, 0.4) is 0 Å². The van der Waals surface area contributed by atoms with Crippen LogP contribution < -0.4 is 10.5 Å². The molecule has 3 aromatic rings. The summed E-state index contributed by atoms with van der Waals surface area (Å²) in [6.45, 7) is 0.380. The van der Waals surface area contributed by atoms with Gasteiger partial charge in [-0.1, -0.05) is 44.6 Å². The monoisotopic (exact) mass is 422 g/mol. The van der Waals surface area contributed by atoms with Gasteiger partial charge in [0.2, 0.25) is 0 Å². The zero-order valence-electron chi connectivity index (χ0n) is 18.5. The molecule has 31 heavy (non-hydrogen) atoms. The van der Waals surface area contributed by atoms with Crippen molar-refractivity contribution in [2.45, 2.75) is 89.7 Å². The number of aromatic nitrogens is 1. The van der Waals surface area contributed by atoms with Crippen molar-refractivity contribution in [3.05, 3.63) is 41.2 Å². The first-order valence-electron chi connectivity index (χ1n) is 12.4. The highest BCUT2D eigenvalue weighted by Gasteiger charge is 2.21. The van der Waals surface area contributed by atoms with Gasteiger partial charge in [0.1, 0.15) is 11.6 Å². The highest BCUT2D eigenvalue weighted by atomic mass is 19.1. The van der Waals surface area contributed by atoms with Gasteiger partial charge in [-0.25, -0.2) is 4.39 Å². The average molecular weight is 423 g/mol. The van der Waals surface area contributed by atoms with E-state index in [1.165, 1.54) is 63.4 Å². The van der Waals surface area contributed by atoms with Crippen LogP contribution in [0, 0.1) is 11.7 Å². The highest BCUT2D eigenvalue weighted by Crippen LogP contribution is 2.38. The third-order valence-corrected chi connectivity index (χ3v) is 7.63. The highest BCUT2D eigenvalue weighted by molar-refractivity contribution is 6.10. The molecule has 0 bridgehead atoms. The van der Waals surface area contributed by atoms with E-state index < -0.39 is 0 Å². The number of aryl methyl sites for hydroxylation is 1. The number of halogens is 1. The van der Waals surface area contributed by atoms with E-state index in [4.69, 9.17) is 10.5 Å². The lowest BCUT2D eigenvalue weighted by Gasteiger charge is -2.24. The SMILES string of the molecule is NCc1c(OC2CCCCC2)ccc2c1[nH]c1c(F)ccc(CCC3CCCCC3)c12. The second-order valence-electron chi connectivity index (χ2n) is 9.67. The maximum Gasteiger partial charge on any atom is 0.147 e. The quantitative estimate of drug-likeness (QED) is 0.443. The van der Waals surface area contributed by atoms with Gasteiger partial charge in [-0.15, -0.1) is 0 Å². The molecule has 1 aromatic heterocycles. The molecular formula is C27H35FN2O. The van der Waals surface area contributed by atoms with Crippen molar-refractivity contribution in [1.82, 2.24) is 4.98 Å². The zero-order valence-corrected chi connectivity index (χ0v) is 18.5. The predicted molar refractivity (Wildman–Crippen MR) is 126 cm³/mol. The van der Waals surface area contributed by atoms with Crippen LogP contribution in [0.2, 0.25) is 0 Å². The van der Waals surface area contributed by atoms with E-state index in [9.17, 15) is 4.39 Å². The van der Waals surface area contributed by atoms with Crippen LogP contribution in [0.25, 0.3) is 21.8 Å². The Morgan fingerprint density at radius 1 is 0.903 bits per heavy atom. The Labute approximate surface area is 184 Å². The number of H-pyrrole nitrogens is 1. The summed E-state index contributed by atoms with van der Waals surface area (Å²) in [5, 5.41) is 2.11. The first-order valence-corrected chi connectivity index (χ1v) is 12.4. The van der Waals surface area contributed by atoms with E-state index in [0.29, 0.717) is 12.1 Å². The summed E-state index contributed by atoms with van der Waals surface area (Å²) in [6, 6.07) is 7.77. The Balaban J connectivity index is 1.51. The molecule has 2 saturated carbocycles. The van der Waals surface area contributed by atoms with Crippen LogP contribution in [0.1, 0.15) is 81.8 Å². The first-order chi connectivity index (χ1) is 15.2. The van der Waals surface area contributed by atoms with Gasteiger partial charge in [0.15, 0.2) is 0 Å². The minimum atomic E-state index is -0.190. The summed E-state index contributed by atoms with van der Waals surface area (Å²) in [5.74, 6) is 1.48. The number of ether oxygens (including phenoxy) is 1. The number of nitrogens with one attached hydrogen (secondary N) is 1. The normalized spacial score (nSPS) is 18.8. The van der Waals surface area contributed by atoms with Gasteiger partial charge in [-0.2, -0.15) is 0 Å². The van der Waals surface area contributed by atoms with Crippen molar-refractivity contribution in [1.29, 1.82) is 0 Å². The molecule has 2 fully saturated rings. The van der Waals surface area contributed by atoms with E-state index in [0.717, 1.165) is 52.8 Å². The summed E-state index contributed by atoms with van der Waals surface area (Å²) in [6.07, 6.45) is 15.2. The van der Waals surface area contributed by atoms with Crippen molar-refractivity contribution >= 4 is 21.8 Å². The van der Waals surface area contributed by atoms with E-state index in [2.05, 4.69) is 17.1 Å². The molecular weight excluding hydrogens is 387 g/mol. The lowest BCUT2D eigenvalue weighted by atomic mass is 9.85. The number of fused-ring (bicyclic) bond motifs is 3. The van der Waals surface area contributed by atoms with Gasteiger partial charge in [0, 0.05) is 22.9 Å². The van der Waals surface area contributed by atoms with Crippen molar-refractivity contribution in [3.8, 4) is 5.75 Å². The van der Waals surface area contributed by atoms with Crippen LogP contribution in [0.5, 0.6) is 5.75 Å². The van der Waals surface area contributed by atoms with Gasteiger partial charge in [-0.05, 0) is 68.2 Å². The Morgan fingerprint density at radius 3 is 2.39 bits per heavy atom. The molecule has 0 amide bonds. The van der Waals surface area contributed by atoms with Crippen molar-refractivity contribution < 1.29 is 9.13 Å². The number of benzene rings is 2. The lowest BCUT2D eigenvalue weighted by molar-refractivity contribution is 0.154. The molecule has 4 heteroatoms. The molecule has 2 aliphatic carbocycles. The van der Waals surface area contributed by atoms with Crippen LogP contribution in [0.15, 0.2) is 24.3 Å². The fraction of sp³-hybridized carbons (Fsp3) is 0.556. The summed E-state index contributed by atoms with van der Waals surface area (Å²) in [5.41, 5.74) is 9.95. The Morgan fingerprint density at radius 2 is 1.65 bits per heavy atom. The number of aromatic amines is 1. The molecule has 0 spiro atoms. The second kappa shape index (κ2) is 9.20. The molecule has 0 unspecified atom stereocenters. The second-order valence-corrected chi connectivity index (χ2v) is 9.67. The maximum atomic E-state index is 14.8. The Hall–Kier alpha value is -2.07. The average Bonchev–Trinajstić information content (AvgIpc) is 3.21. The number of nitrogens with two attached hydrogens (primary N) is 1. The zero-order chi connectivity index (χ0) is 21.2. The molecule has 3 N–H and O–H groups in total. The van der Waals surface area contributed by atoms with Crippen molar-refractivity contribution in [2.24, 2.45) is 11.7 Å². The summed E-state index contributed by atoms with van der Waals surface area (Å²) in [7, 11) is 0. The lowest BCUT2D eigenvalue weighted by Crippen LogP contribution is -2.20. The molecule has 0 saturated heterocycles. The fourth-order valence-corrected chi connectivity index (χ4v) is 5.87. The van der Waals surface area contributed by atoms with E-state index in [1.807, 2.05) is 6.07 Å².